The lowest BCUT2D eigenvalue weighted by Gasteiger charge is -2.16. The lowest BCUT2D eigenvalue weighted by Crippen LogP contribution is -2.20. The Bertz CT molecular complexity index is 1690. The van der Waals surface area contributed by atoms with Gasteiger partial charge < -0.3 is 23.7 Å². The minimum absolute atomic E-state index is 0.0306. The number of aliphatic hydroxyl groups excluding tert-OH is 1. The molecule has 9 nitrogen and oxygen atoms in total. The molecule has 0 saturated carbocycles. The van der Waals surface area contributed by atoms with Crippen molar-refractivity contribution in [2.75, 3.05) is 25.6 Å². The van der Waals surface area contributed by atoms with Gasteiger partial charge in [-0.3, -0.25) is 0 Å². The number of aliphatic hydroxyl groups is 1. The number of rotatable bonds is 12. The molecular weight excluding hydrogens is 542 g/mol. The van der Waals surface area contributed by atoms with E-state index in [-0.39, 0.29) is 12.4 Å². The van der Waals surface area contributed by atoms with Crippen LogP contribution in [0.15, 0.2) is 93.2 Å². The third-order valence-electron chi connectivity index (χ3n) is 5.99. The summed E-state index contributed by atoms with van der Waals surface area (Å²) in [4.78, 5) is 16.4. The second-order valence-electron chi connectivity index (χ2n) is 8.88. The molecule has 0 aliphatic rings. The molecule has 1 N–H and O–H groups in total. The van der Waals surface area contributed by atoms with Crippen LogP contribution in [0.3, 0.4) is 0 Å². The molecule has 0 radical (unpaired) electrons. The fraction of sp³-hybridized carbons (Fsp3) is 0.226. The molecule has 0 amide bonds. The van der Waals surface area contributed by atoms with Crippen LogP contribution in [0.5, 0.6) is 17.2 Å². The van der Waals surface area contributed by atoms with Gasteiger partial charge in [0.2, 0.25) is 5.16 Å². The fourth-order valence-corrected chi connectivity index (χ4v) is 4.86. The number of aromatic nitrogens is 3. The van der Waals surface area contributed by atoms with Crippen LogP contribution in [-0.4, -0.2) is 52.0 Å². The van der Waals surface area contributed by atoms with Gasteiger partial charge in [0, 0.05) is 34.4 Å². The highest BCUT2D eigenvalue weighted by molar-refractivity contribution is 7.99. The molecule has 41 heavy (non-hydrogen) atoms. The number of fused-ring (bicyclic) bond motifs is 1. The molecule has 1 unspecified atom stereocenters. The van der Waals surface area contributed by atoms with E-state index in [0.29, 0.717) is 52.6 Å². The van der Waals surface area contributed by atoms with Gasteiger partial charge in [-0.1, -0.05) is 36.0 Å². The number of benzene rings is 3. The van der Waals surface area contributed by atoms with E-state index in [1.165, 1.54) is 17.8 Å². The van der Waals surface area contributed by atoms with Crippen molar-refractivity contribution in [3.05, 3.63) is 89.3 Å². The Kier molecular flexibility index (Phi) is 9.12. The maximum absolute atomic E-state index is 11.5. The summed E-state index contributed by atoms with van der Waals surface area (Å²) in [6.45, 7) is 4.89. The molecule has 3 aromatic carbocycles. The van der Waals surface area contributed by atoms with Crippen LogP contribution < -0.4 is 19.8 Å². The standard InChI is InChI=1S/C31H29N3O6S/c1-3-37-25-11-7-5-9-23(25)29-30(24-10-6-8-12-26(24)38-4-2)33-34-31(32-29)41-19-21(35)18-39-22-15-13-20-14-16-28(36)40-27(20)17-22/h5-17,21,35H,3-4,18-19H2,1-2H3. The first-order chi connectivity index (χ1) is 20.1. The summed E-state index contributed by atoms with van der Waals surface area (Å²) in [5.41, 5.74) is 2.70. The fourth-order valence-electron chi connectivity index (χ4n) is 4.17. The Labute approximate surface area is 241 Å². The molecule has 1 atom stereocenters. The Morgan fingerprint density at radius 3 is 2.20 bits per heavy atom. The first-order valence-electron chi connectivity index (χ1n) is 13.2. The zero-order valence-corrected chi connectivity index (χ0v) is 23.5. The van der Waals surface area contributed by atoms with Crippen molar-refractivity contribution in [1.82, 2.24) is 15.2 Å². The van der Waals surface area contributed by atoms with Crippen molar-refractivity contribution in [2.45, 2.75) is 25.1 Å². The summed E-state index contributed by atoms with van der Waals surface area (Å²) in [5.74, 6) is 2.12. The average Bonchev–Trinajstić information content (AvgIpc) is 2.99. The van der Waals surface area contributed by atoms with Gasteiger partial charge in [0.05, 0.1) is 19.3 Å². The molecule has 210 valence electrons. The lowest BCUT2D eigenvalue weighted by molar-refractivity contribution is 0.126. The van der Waals surface area contributed by atoms with E-state index in [9.17, 15) is 9.90 Å². The molecule has 2 heterocycles. The highest BCUT2D eigenvalue weighted by Gasteiger charge is 2.20. The minimum atomic E-state index is -0.820. The molecule has 0 saturated heterocycles. The summed E-state index contributed by atoms with van der Waals surface area (Å²) < 4.78 is 22.7. The van der Waals surface area contributed by atoms with Crippen LogP contribution in [0, 0.1) is 0 Å². The Morgan fingerprint density at radius 2 is 1.49 bits per heavy atom. The summed E-state index contributed by atoms with van der Waals surface area (Å²) in [6.07, 6.45) is -0.820. The van der Waals surface area contributed by atoms with E-state index in [0.717, 1.165) is 16.5 Å². The lowest BCUT2D eigenvalue weighted by atomic mass is 10.0. The molecule has 5 aromatic rings. The van der Waals surface area contributed by atoms with Crippen LogP contribution in [0.25, 0.3) is 33.5 Å². The van der Waals surface area contributed by atoms with Crippen LogP contribution in [-0.2, 0) is 0 Å². The van der Waals surface area contributed by atoms with Crippen molar-refractivity contribution in [3.63, 3.8) is 0 Å². The molecule has 2 aromatic heterocycles. The minimum Gasteiger partial charge on any atom is -0.493 e. The van der Waals surface area contributed by atoms with Gasteiger partial charge in [-0.15, -0.1) is 10.2 Å². The van der Waals surface area contributed by atoms with Gasteiger partial charge in [0.25, 0.3) is 0 Å². The summed E-state index contributed by atoms with van der Waals surface area (Å²) in [7, 11) is 0. The molecule has 0 aliphatic heterocycles. The van der Waals surface area contributed by atoms with Gasteiger partial charge in [-0.2, -0.15) is 0 Å². The van der Waals surface area contributed by atoms with E-state index in [1.807, 2.05) is 62.4 Å². The number of hydrogen-bond donors (Lipinski definition) is 1. The monoisotopic (exact) mass is 571 g/mol. The molecular formula is C31H29N3O6S. The topological polar surface area (TPSA) is 117 Å². The summed E-state index contributed by atoms with van der Waals surface area (Å²) in [6, 6.07) is 23.5. The second kappa shape index (κ2) is 13.3. The number of thioether (sulfide) groups is 1. The zero-order chi connectivity index (χ0) is 28.6. The summed E-state index contributed by atoms with van der Waals surface area (Å²) >= 11 is 1.27. The van der Waals surface area contributed by atoms with E-state index in [1.54, 1.807) is 24.3 Å². The van der Waals surface area contributed by atoms with Crippen LogP contribution >= 0.6 is 11.8 Å². The normalized spacial score (nSPS) is 11.8. The van der Waals surface area contributed by atoms with Crippen LogP contribution in [0.4, 0.5) is 0 Å². The van der Waals surface area contributed by atoms with Crippen LogP contribution in [0.2, 0.25) is 0 Å². The maximum atomic E-state index is 11.5. The Morgan fingerprint density at radius 1 is 0.829 bits per heavy atom. The van der Waals surface area contributed by atoms with Crippen molar-refractivity contribution in [3.8, 4) is 39.8 Å². The molecule has 5 rings (SSSR count). The smallest absolute Gasteiger partial charge is 0.336 e. The highest BCUT2D eigenvalue weighted by Crippen LogP contribution is 2.38. The molecule has 0 fully saturated rings. The number of ether oxygens (including phenoxy) is 3. The number of para-hydroxylation sites is 2. The predicted octanol–water partition coefficient (Wildman–Crippen LogP) is 5.64. The Hall–Kier alpha value is -4.41. The quantitative estimate of drug-likeness (QED) is 0.149. The van der Waals surface area contributed by atoms with Crippen molar-refractivity contribution < 1.29 is 23.7 Å². The third kappa shape index (κ3) is 6.85. The van der Waals surface area contributed by atoms with E-state index >= 15 is 0 Å². The second-order valence-corrected chi connectivity index (χ2v) is 9.87. The largest absolute Gasteiger partial charge is 0.493 e. The Balaban J connectivity index is 1.36. The highest BCUT2D eigenvalue weighted by atomic mass is 32.2. The number of hydrogen-bond acceptors (Lipinski definition) is 10. The van der Waals surface area contributed by atoms with Crippen molar-refractivity contribution in [2.24, 2.45) is 0 Å². The molecule has 0 spiro atoms. The molecule has 0 bridgehead atoms. The third-order valence-corrected chi connectivity index (χ3v) is 6.98. The first-order valence-corrected chi connectivity index (χ1v) is 14.2. The van der Waals surface area contributed by atoms with Gasteiger partial charge >= 0.3 is 5.63 Å². The van der Waals surface area contributed by atoms with Crippen molar-refractivity contribution >= 4 is 22.7 Å². The van der Waals surface area contributed by atoms with Gasteiger partial charge in [-0.25, -0.2) is 9.78 Å². The summed E-state index contributed by atoms with van der Waals surface area (Å²) in [5, 5.41) is 20.7. The molecule has 0 aliphatic carbocycles. The van der Waals surface area contributed by atoms with Gasteiger partial charge in [0.15, 0.2) is 0 Å². The predicted molar refractivity (Wildman–Crippen MR) is 158 cm³/mol. The van der Waals surface area contributed by atoms with E-state index in [4.69, 9.17) is 23.6 Å². The van der Waals surface area contributed by atoms with E-state index < -0.39 is 11.7 Å². The average molecular weight is 572 g/mol. The number of nitrogens with zero attached hydrogens (tertiary/aromatic N) is 3. The SMILES string of the molecule is CCOc1ccccc1-c1nnc(SCC(O)COc2ccc3ccc(=O)oc3c2)nc1-c1ccccc1OCC. The van der Waals surface area contributed by atoms with Gasteiger partial charge in [-0.05, 0) is 56.3 Å². The molecule has 10 heteroatoms. The van der Waals surface area contributed by atoms with Crippen molar-refractivity contribution in [1.29, 1.82) is 0 Å². The van der Waals surface area contributed by atoms with Gasteiger partial charge in [0.1, 0.15) is 40.8 Å². The van der Waals surface area contributed by atoms with Crippen LogP contribution in [0.1, 0.15) is 13.8 Å². The zero-order valence-electron chi connectivity index (χ0n) is 22.6. The van der Waals surface area contributed by atoms with E-state index in [2.05, 4.69) is 10.2 Å². The maximum Gasteiger partial charge on any atom is 0.336 e. The first kappa shape index (κ1) is 28.1.